The van der Waals surface area contributed by atoms with Gasteiger partial charge in [0.1, 0.15) is 6.07 Å². The molecule has 0 aliphatic rings. The topological polar surface area (TPSA) is 57.4 Å². The molecule has 4 nitrogen and oxygen atoms in total. The van der Waals surface area contributed by atoms with Crippen molar-refractivity contribution in [3.05, 3.63) is 145 Å². The summed E-state index contributed by atoms with van der Waals surface area (Å²) < 4.78 is 4.47. The number of hydrogen-bond acceptors (Lipinski definition) is 2. The second-order valence-corrected chi connectivity index (χ2v) is 10.5. The van der Waals surface area contributed by atoms with E-state index in [1.54, 1.807) is 12.1 Å². The maximum absolute atomic E-state index is 10.0. The van der Waals surface area contributed by atoms with Gasteiger partial charge in [0.2, 0.25) is 0 Å². The number of aromatic nitrogens is 2. The van der Waals surface area contributed by atoms with E-state index in [0.29, 0.717) is 11.1 Å². The molecule has 0 fully saturated rings. The van der Waals surface area contributed by atoms with Crippen LogP contribution in [0, 0.1) is 22.7 Å². The van der Waals surface area contributed by atoms with Crippen molar-refractivity contribution in [2.24, 2.45) is 0 Å². The number of para-hydroxylation sites is 3. The van der Waals surface area contributed by atoms with Crippen molar-refractivity contribution in [2.75, 3.05) is 0 Å². The van der Waals surface area contributed by atoms with Gasteiger partial charge < -0.3 is 9.13 Å². The molecule has 0 saturated heterocycles. The van der Waals surface area contributed by atoms with Crippen molar-refractivity contribution in [1.82, 2.24) is 9.13 Å². The van der Waals surface area contributed by atoms with Gasteiger partial charge in [-0.05, 0) is 71.8 Å². The number of fused-ring (bicyclic) bond motifs is 6. The number of hydrogen-bond donors (Lipinski definition) is 0. The third kappa shape index (κ3) is 3.47. The van der Waals surface area contributed by atoms with E-state index >= 15 is 0 Å². The monoisotopic (exact) mass is 534 g/mol. The van der Waals surface area contributed by atoms with Gasteiger partial charge in [-0.3, -0.25) is 0 Å². The molecule has 0 spiro atoms. The van der Waals surface area contributed by atoms with Gasteiger partial charge in [-0.25, -0.2) is 0 Å². The summed E-state index contributed by atoms with van der Waals surface area (Å²) >= 11 is 0. The first-order valence-electron chi connectivity index (χ1n) is 13.8. The van der Waals surface area contributed by atoms with Gasteiger partial charge in [-0.15, -0.1) is 0 Å². The van der Waals surface area contributed by atoms with Crippen LogP contribution in [0.3, 0.4) is 0 Å². The fourth-order valence-electron chi connectivity index (χ4n) is 6.31. The molecule has 0 radical (unpaired) electrons. The van der Waals surface area contributed by atoms with Crippen LogP contribution in [-0.4, -0.2) is 9.13 Å². The van der Waals surface area contributed by atoms with E-state index in [4.69, 9.17) is 0 Å². The molecule has 0 N–H and O–H groups in total. The van der Waals surface area contributed by atoms with Crippen LogP contribution < -0.4 is 0 Å². The molecule has 6 aromatic carbocycles. The first-order valence-corrected chi connectivity index (χ1v) is 13.8. The predicted octanol–water partition coefficient (Wildman–Crippen LogP) is 9.29. The summed E-state index contributed by atoms with van der Waals surface area (Å²) in [7, 11) is 0. The van der Waals surface area contributed by atoms with Gasteiger partial charge in [0, 0.05) is 27.2 Å². The molecule has 0 aliphatic carbocycles. The molecule has 194 valence electrons. The Bertz CT molecular complexity index is 2430. The second-order valence-electron chi connectivity index (χ2n) is 10.5. The van der Waals surface area contributed by atoms with E-state index < -0.39 is 0 Å². The minimum Gasteiger partial charge on any atom is -0.309 e. The molecular weight excluding hydrogens is 512 g/mol. The van der Waals surface area contributed by atoms with Crippen molar-refractivity contribution < 1.29 is 0 Å². The Labute approximate surface area is 242 Å². The number of benzene rings is 6. The molecule has 4 heteroatoms. The van der Waals surface area contributed by atoms with Crippen LogP contribution in [0.2, 0.25) is 0 Å². The Hall–Kier alpha value is -6.10. The van der Waals surface area contributed by atoms with Gasteiger partial charge in [-0.1, -0.05) is 72.8 Å². The zero-order valence-corrected chi connectivity index (χ0v) is 22.5. The Balaban J connectivity index is 1.38. The summed E-state index contributed by atoms with van der Waals surface area (Å²) in [5.74, 6) is 0. The summed E-state index contributed by atoms with van der Waals surface area (Å²) in [6.07, 6.45) is 0. The molecule has 2 heterocycles. The van der Waals surface area contributed by atoms with E-state index in [0.717, 1.165) is 49.8 Å². The van der Waals surface area contributed by atoms with Gasteiger partial charge in [0.05, 0.1) is 45.0 Å². The Morgan fingerprint density at radius 3 is 1.81 bits per heavy atom. The van der Waals surface area contributed by atoms with Gasteiger partial charge in [0.15, 0.2) is 0 Å². The molecule has 0 aliphatic heterocycles. The maximum Gasteiger partial charge on any atom is 0.101 e. The van der Waals surface area contributed by atoms with Crippen molar-refractivity contribution in [1.29, 1.82) is 10.5 Å². The highest BCUT2D eigenvalue weighted by Gasteiger charge is 2.17. The summed E-state index contributed by atoms with van der Waals surface area (Å²) in [5, 5.41) is 24.1. The van der Waals surface area contributed by atoms with Crippen LogP contribution in [0.1, 0.15) is 11.1 Å². The third-order valence-electron chi connectivity index (χ3n) is 8.18. The van der Waals surface area contributed by atoms with Crippen molar-refractivity contribution in [3.63, 3.8) is 0 Å². The van der Waals surface area contributed by atoms with Gasteiger partial charge >= 0.3 is 0 Å². The summed E-state index contributed by atoms with van der Waals surface area (Å²) in [5.41, 5.74) is 9.44. The smallest absolute Gasteiger partial charge is 0.101 e. The van der Waals surface area contributed by atoms with E-state index in [1.165, 1.54) is 16.3 Å². The average Bonchev–Trinajstić information content (AvgIpc) is 3.57. The van der Waals surface area contributed by atoms with Crippen LogP contribution in [0.25, 0.3) is 66.1 Å². The fraction of sp³-hybridized carbons (Fsp3) is 0. The normalized spacial score (nSPS) is 11.3. The first-order chi connectivity index (χ1) is 20.7. The maximum atomic E-state index is 10.0. The van der Waals surface area contributed by atoms with Crippen molar-refractivity contribution in [2.45, 2.75) is 0 Å². The van der Waals surface area contributed by atoms with Gasteiger partial charge in [-0.2, -0.15) is 10.5 Å². The lowest BCUT2D eigenvalue weighted by Gasteiger charge is -2.11. The first kappa shape index (κ1) is 23.8. The molecule has 42 heavy (non-hydrogen) atoms. The van der Waals surface area contributed by atoms with Gasteiger partial charge in [0.25, 0.3) is 0 Å². The largest absolute Gasteiger partial charge is 0.309 e. The standard InChI is InChI=1S/C38H22N4/c39-23-25-14-18-34(28(20-25)24-40)42-36-13-7-4-10-30(36)32-17-15-27(22-38(32)42)26-16-19-37-33(21-26)31-11-5-6-12-35(31)41(37)29-8-2-1-3-9-29/h1-22H. The zero-order valence-electron chi connectivity index (χ0n) is 22.5. The molecule has 8 rings (SSSR count). The Morgan fingerprint density at radius 1 is 0.429 bits per heavy atom. The van der Waals surface area contributed by atoms with E-state index in [9.17, 15) is 10.5 Å². The molecular formula is C38H22N4. The lowest BCUT2D eigenvalue weighted by atomic mass is 10.0. The fourth-order valence-corrected chi connectivity index (χ4v) is 6.31. The predicted molar refractivity (Wildman–Crippen MR) is 170 cm³/mol. The van der Waals surface area contributed by atoms with Crippen LogP contribution >= 0.6 is 0 Å². The van der Waals surface area contributed by atoms with Crippen LogP contribution in [-0.2, 0) is 0 Å². The Morgan fingerprint density at radius 2 is 1.05 bits per heavy atom. The number of nitrogens with zero attached hydrogens (tertiary/aromatic N) is 4. The lowest BCUT2D eigenvalue weighted by molar-refractivity contribution is 1.16. The molecule has 0 unspecified atom stereocenters. The van der Waals surface area contributed by atoms with Crippen molar-refractivity contribution >= 4 is 43.6 Å². The second kappa shape index (κ2) is 9.24. The number of rotatable bonds is 3. The van der Waals surface area contributed by atoms with E-state index in [1.807, 2.05) is 24.3 Å². The minimum atomic E-state index is 0.470. The minimum absolute atomic E-state index is 0.470. The highest BCUT2D eigenvalue weighted by Crippen LogP contribution is 2.38. The van der Waals surface area contributed by atoms with Crippen LogP contribution in [0.4, 0.5) is 0 Å². The van der Waals surface area contributed by atoms with E-state index in [-0.39, 0.29) is 0 Å². The highest BCUT2D eigenvalue weighted by atomic mass is 15.0. The zero-order chi connectivity index (χ0) is 28.2. The number of nitriles is 2. The van der Waals surface area contributed by atoms with Crippen LogP contribution in [0.15, 0.2) is 133 Å². The molecule has 2 aromatic heterocycles. The average molecular weight is 535 g/mol. The highest BCUT2D eigenvalue weighted by molar-refractivity contribution is 6.12. The van der Waals surface area contributed by atoms with Crippen LogP contribution in [0.5, 0.6) is 0 Å². The molecule has 0 atom stereocenters. The SMILES string of the molecule is N#Cc1ccc(-n2c3ccccc3c3ccc(-c4ccc5c(c4)c4ccccc4n5-c4ccccc4)cc32)c(C#N)c1. The molecule has 0 bridgehead atoms. The summed E-state index contributed by atoms with van der Waals surface area (Å²) in [6.45, 7) is 0. The van der Waals surface area contributed by atoms with E-state index in [2.05, 4.69) is 118 Å². The molecule has 0 saturated carbocycles. The summed E-state index contributed by atoms with van der Waals surface area (Å²) in [6, 6.07) is 50.3. The quantitative estimate of drug-likeness (QED) is 0.227. The lowest BCUT2D eigenvalue weighted by Crippen LogP contribution is -1.98. The van der Waals surface area contributed by atoms with Crippen molar-refractivity contribution in [3.8, 4) is 34.6 Å². The molecule has 8 aromatic rings. The summed E-state index contributed by atoms with van der Waals surface area (Å²) in [4.78, 5) is 0. The third-order valence-corrected chi connectivity index (χ3v) is 8.18. The molecule has 0 amide bonds. The Kier molecular flexibility index (Phi) is 5.22.